The Kier molecular flexibility index (Phi) is 4.52. The number of esters is 1. The average molecular weight is 414 g/mol. The normalized spacial score (nSPS) is 10.9. The third kappa shape index (κ3) is 3.31. The van der Waals surface area contributed by atoms with E-state index in [9.17, 15) is 9.59 Å². The van der Waals surface area contributed by atoms with Gasteiger partial charge in [0.25, 0.3) is 5.56 Å². The molecule has 0 aliphatic heterocycles. The molecule has 5 nitrogen and oxygen atoms in total. The SMILES string of the molecule is Cc1csc2nc(COC(=O)c3cc(Br)ccc3Cl)cc(=O)n12. The lowest BCUT2D eigenvalue weighted by atomic mass is 10.2. The minimum atomic E-state index is -0.569. The second kappa shape index (κ2) is 6.43. The molecule has 0 amide bonds. The quantitative estimate of drug-likeness (QED) is 0.612. The number of halogens is 2. The van der Waals surface area contributed by atoms with Crippen LogP contribution in [0.4, 0.5) is 0 Å². The van der Waals surface area contributed by atoms with Gasteiger partial charge in [0.15, 0.2) is 4.96 Å². The van der Waals surface area contributed by atoms with Gasteiger partial charge in [-0.1, -0.05) is 27.5 Å². The fourth-order valence-corrected chi connectivity index (χ4v) is 3.49. The van der Waals surface area contributed by atoms with Crippen LogP contribution in [0.5, 0.6) is 0 Å². The Morgan fingerprint density at radius 3 is 3.00 bits per heavy atom. The lowest BCUT2D eigenvalue weighted by molar-refractivity contribution is 0.0468. The van der Waals surface area contributed by atoms with Crippen LogP contribution in [-0.2, 0) is 11.3 Å². The molecule has 0 N–H and O–H groups in total. The highest BCUT2D eigenvalue weighted by atomic mass is 79.9. The predicted molar refractivity (Wildman–Crippen MR) is 92.3 cm³/mol. The number of hydrogen-bond acceptors (Lipinski definition) is 5. The van der Waals surface area contributed by atoms with Crippen LogP contribution in [0.25, 0.3) is 4.96 Å². The Bertz CT molecular complexity index is 967. The molecule has 0 fully saturated rings. The smallest absolute Gasteiger partial charge is 0.340 e. The van der Waals surface area contributed by atoms with Gasteiger partial charge in [-0.15, -0.1) is 11.3 Å². The Balaban J connectivity index is 1.82. The van der Waals surface area contributed by atoms with E-state index >= 15 is 0 Å². The molecule has 0 unspecified atom stereocenters. The lowest BCUT2D eigenvalue weighted by Gasteiger charge is -2.06. The van der Waals surface area contributed by atoms with E-state index in [0.29, 0.717) is 15.7 Å². The van der Waals surface area contributed by atoms with Gasteiger partial charge in [-0.05, 0) is 25.1 Å². The van der Waals surface area contributed by atoms with E-state index in [1.165, 1.54) is 21.8 Å². The highest BCUT2D eigenvalue weighted by molar-refractivity contribution is 9.10. The first-order valence-corrected chi connectivity index (χ1v) is 8.60. The number of benzene rings is 1. The van der Waals surface area contributed by atoms with Crippen molar-refractivity contribution in [3.8, 4) is 0 Å². The summed E-state index contributed by atoms with van der Waals surface area (Å²) in [6.07, 6.45) is 0. The van der Waals surface area contributed by atoms with Crippen LogP contribution in [0, 0.1) is 6.92 Å². The van der Waals surface area contributed by atoms with Crippen molar-refractivity contribution in [3.05, 3.63) is 66.4 Å². The van der Waals surface area contributed by atoms with E-state index in [2.05, 4.69) is 20.9 Å². The minimum Gasteiger partial charge on any atom is -0.456 e. The molecule has 0 bridgehead atoms. The molecular formula is C15H10BrClN2O3S. The van der Waals surface area contributed by atoms with Crippen molar-refractivity contribution in [1.29, 1.82) is 0 Å². The van der Waals surface area contributed by atoms with Crippen LogP contribution >= 0.6 is 38.9 Å². The number of carbonyl (C=O) groups is 1. The summed E-state index contributed by atoms with van der Waals surface area (Å²) >= 11 is 10.6. The zero-order valence-corrected chi connectivity index (χ0v) is 15.0. The van der Waals surface area contributed by atoms with Gasteiger partial charge >= 0.3 is 5.97 Å². The van der Waals surface area contributed by atoms with E-state index < -0.39 is 5.97 Å². The molecule has 1 aromatic carbocycles. The summed E-state index contributed by atoms with van der Waals surface area (Å²) in [6.45, 7) is 1.74. The second-order valence-electron chi connectivity index (χ2n) is 4.78. The van der Waals surface area contributed by atoms with Crippen molar-refractivity contribution in [1.82, 2.24) is 9.38 Å². The molecule has 0 spiro atoms. The Labute approximate surface area is 148 Å². The number of aryl methyl sites for hydroxylation is 1. The standard InChI is InChI=1S/C15H10BrClN2O3S/c1-8-7-23-15-18-10(5-13(20)19(8)15)6-22-14(21)11-4-9(16)2-3-12(11)17/h2-5,7H,6H2,1H3. The third-order valence-electron chi connectivity index (χ3n) is 3.13. The molecule has 0 aliphatic rings. The molecular weight excluding hydrogens is 404 g/mol. The van der Waals surface area contributed by atoms with Crippen LogP contribution in [-0.4, -0.2) is 15.4 Å². The molecule has 3 aromatic rings. The van der Waals surface area contributed by atoms with Gasteiger partial charge in [-0.25, -0.2) is 9.78 Å². The monoisotopic (exact) mass is 412 g/mol. The number of nitrogens with zero attached hydrogens (tertiary/aromatic N) is 2. The number of fused-ring (bicyclic) bond motifs is 1. The summed E-state index contributed by atoms with van der Waals surface area (Å²) in [4.78, 5) is 29.1. The van der Waals surface area contributed by atoms with E-state index in [-0.39, 0.29) is 17.7 Å². The van der Waals surface area contributed by atoms with Gasteiger partial charge in [-0.3, -0.25) is 9.20 Å². The molecule has 2 heterocycles. The van der Waals surface area contributed by atoms with Gasteiger partial charge in [-0.2, -0.15) is 0 Å². The van der Waals surface area contributed by atoms with Crippen molar-refractivity contribution in [2.24, 2.45) is 0 Å². The molecule has 118 valence electrons. The fourth-order valence-electron chi connectivity index (χ4n) is 2.05. The first kappa shape index (κ1) is 16.2. The average Bonchev–Trinajstić information content (AvgIpc) is 2.89. The van der Waals surface area contributed by atoms with E-state index in [1.54, 1.807) is 18.2 Å². The maximum absolute atomic E-state index is 12.1. The minimum absolute atomic E-state index is 0.0929. The Hall–Kier alpha value is -1.70. The molecule has 0 aliphatic carbocycles. The van der Waals surface area contributed by atoms with E-state index in [1.807, 2.05) is 12.3 Å². The van der Waals surface area contributed by atoms with Gasteiger partial charge in [0, 0.05) is 21.6 Å². The zero-order valence-electron chi connectivity index (χ0n) is 11.9. The summed E-state index contributed by atoms with van der Waals surface area (Å²) in [7, 11) is 0. The van der Waals surface area contributed by atoms with Crippen LogP contribution in [0.2, 0.25) is 5.02 Å². The van der Waals surface area contributed by atoms with Crippen LogP contribution < -0.4 is 5.56 Å². The second-order valence-corrected chi connectivity index (χ2v) is 6.94. The van der Waals surface area contributed by atoms with Crippen molar-refractivity contribution in [2.75, 3.05) is 0 Å². The van der Waals surface area contributed by atoms with Gasteiger partial charge < -0.3 is 4.74 Å². The van der Waals surface area contributed by atoms with Crippen molar-refractivity contribution < 1.29 is 9.53 Å². The van der Waals surface area contributed by atoms with E-state index in [0.717, 1.165) is 10.2 Å². The topological polar surface area (TPSA) is 60.7 Å². The lowest BCUT2D eigenvalue weighted by Crippen LogP contribution is -2.16. The van der Waals surface area contributed by atoms with Crippen LogP contribution in [0.1, 0.15) is 21.7 Å². The highest BCUT2D eigenvalue weighted by Gasteiger charge is 2.14. The van der Waals surface area contributed by atoms with Gasteiger partial charge in [0.2, 0.25) is 0 Å². The fraction of sp³-hybridized carbons (Fsp3) is 0.133. The molecule has 0 radical (unpaired) electrons. The number of carbonyl (C=O) groups excluding carboxylic acids is 1. The van der Waals surface area contributed by atoms with Crippen molar-refractivity contribution in [3.63, 3.8) is 0 Å². The summed E-state index contributed by atoms with van der Waals surface area (Å²) < 4.78 is 7.45. The highest BCUT2D eigenvalue weighted by Crippen LogP contribution is 2.22. The number of ether oxygens (including phenoxy) is 1. The molecule has 0 saturated carbocycles. The number of aromatic nitrogens is 2. The number of hydrogen-bond donors (Lipinski definition) is 0. The van der Waals surface area contributed by atoms with Gasteiger partial charge in [0.1, 0.15) is 6.61 Å². The maximum Gasteiger partial charge on any atom is 0.340 e. The number of rotatable bonds is 3. The molecule has 0 atom stereocenters. The third-order valence-corrected chi connectivity index (χ3v) is 4.89. The maximum atomic E-state index is 12.1. The summed E-state index contributed by atoms with van der Waals surface area (Å²) in [5, 5.41) is 2.15. The Morgan fingerprint density at radius 2 is 2.22 bits per heavy atom. The van der Waals surface area contributed by atoms with Crippen molar-refractivity contribution >= 4 is 49.8 Å². The Morgan fingerprint density at radius 1 is 1.43 bits per heavy atom. The van der Waals surface area contributed by atoms with Crippen LogP contribution in [0.15, 0.2) is 38.9 Å². The predicted octanol–water partition coefficient (Wildman–Crippen LogP) is 3.84. The van der Waals surface area contributed by atoms with Crippen molar-refractivity contribution in [2.45, 2.75) is 13.5 Å². The molecule has 23 heavy (non-hydrogen) atoms. The molecule has 8 heteroatoms. The first-order chi connectivity index (χ1) is 11.0. The zero-order chi connectivity index (χ0) is 16.6. The molecule has 2 aromatic heterocycles. The molecule has 0 saturated heterocycles. The summed E-state index contributed by atoms with van der Waals surface area (Å²) in [6, 6.07) is 6.28. The number of thiazole rings is 1. The summed E-state index contributed by atoms with van der Waals surface area (Å²) in [5.41, 5.74) is 1.29. The molecule has 3 rings (SSSR count). The van der Waals surface area contributed by atoms with Crippen LogP contribution in [0.3, 0.4) is 0 Å². The first-order valence-electron chi connectivity index (χ1n) is 6.54. The van der Waals surface area contributed by atoms with E-state index in [4.69, 9.17) is 16.3 Å². The van der Waals surface area contributed by atoms with Gasteiger partial charge in [0.05, 0.1) is 16.3 Å². The summed E-state index contributed by atoms with van der Waals surface area (Å²) in [5.74, 6) is -0.569. The largest absolute Gasteiger partial charge is 0.456 e.